The van der Waals surface area contributed by atoms with Gasteiger partial charge in [-0.3, -0.25) is 9.78 Å². The molecule has 2 aromatic heterocycles. The number of anilines is 1. The molecule has 0 aliphatic heterocycles. The third-order valence-corrected chi connectivity index (χ3v) is 3.91. The summed E-state index contributed by atoms with van der Waals surface area (Å²) in [4.78, 5) is 16.8. The maximum absolute atomic E-state index is 12.0. The van der Waals surface area contributed by atoms with Crippen molar-refractivity contribution in [3.8, 4) is 0 Å². The van der Waals surface area contributed by atoms with E-state index in [9.17, 15) is 4.79 Å². The van der Waals surface area contributed by atoms with E-state index >= 15 is 0 Å². The quantitative estimate of drug-likeness (QED) is 0.793. The van der Waals surface area contributed by atoms with Gasteiger partial charge in [0.15, 0.2) is 0 Å². The molecule has 0 aromatic carbocycles. The van der Waals surface area contributed by atoms with Crippen molar-refractivity contribution in [2.45, 2.75) is 12.8 Å². The maximum Gasteiger partial charge on any atom is 0.263 e. The number of nitrogens with one attached hydrogen (secondary N) is 1. The predicted octanol–water partition coefficient (Wildman–Crippen LogP) is 2.03. The zero-order chi connectivity index (χ0) is 13.7. The van der Waals surface area contributed by atoms with Crippen LogP contribution in [0.3, 0.4) is 0 Å². The second-order valence-corrected chi connectivity index (χ2v) is 5.20. The number of carbonyl (C=O) groups is 1. The number of nitrogens with zero attached hydrogens (tertiary/aromatic N) is 1. The first-order valence-electron chi connectivity index (χ1n) is 6.14. The molecule has 0 aliphatic rings. The molecule has 19 heavy (non-hydrogen) atoms. The third-order valence-electron chi connectivity index (χ3n) is 2.75. The van der Waals surface area contributed by atoms with Crippen molar-refractivity contribution in [2.24, 2.45) is 0 Å². The maximum atomic E-state index is 12.0. The minimum absolute atomic E-state index is 0.127. The molecule has 3 N–H and O–H groups in total. The van der Waals surface area contributed by atoms with Crippen LogP contribution in [0.2, 0.25) is 0 Å². The van der Waals surface area contributed by atoms with Crippen molar-refractivity contribution < 1.29 is 9.53 Å². The first kappa shape index (κ1) is 13.8. The molecule has 2 aromatic rings. The minimum atomic E-state index is -0.127. The Morgan fingerprint density at radius 2 is 2.37 bits per heavy atom. The van der Waals surface area contributed by atoms with Gasteiger partial charge in [-0.15, -0.1) is 11.3 Å². The monoisotopic (exact) mass is 279 g/mol. The van der Waals surface area contributed by atoms with Crippen LogP contribution < -0.4 is 11.1 Å². The minimum Gasteiger partial charge on any atom is -0.396 e. The standard InChI is InChI=1S/C13H17N3O2S/c1-18-8-3-2-6-16-13(17)12-10(14)11-9(19-12)5-4-7-15-11/h4-5,7H,2-3,6,8,14H2,1H3,(H,16,17). The van der Waals surface area contributed by atoms with E-state index in [1.807, 2.05) is 12.1 Å². The Labute approximate surface area is 115 Å². The van der Waals surface area contributed by atoms with Crippen LogP contribution in [0.5, 0.6) is 0 Å². The van der Waals surface area contributed by atoms with Gasteiger partial charge >= 0.3 is 0 Å². The van der Waals surface area contributed by atoms with E-state index in [4.69, 9.17) is 10.5 Å². The molecule has 102 valence electrons. The third kappa shape index (κ3) is 3.21. The van der Waals surface area contributed by atoms with Crippen molar-refractivity contribution in [3.05, 3.63) is 23.2 Å². The zero-order valence-corrected chi connectivity index (χ0v) is 11.6. The number of ether oxygens (including phenoxy) is 1. The van der Waals surface area contributed by atoms with E-state index in [0.29, 0.717) is 29.2 Å². The van der Waals surface area contributed by atoms with E-state index < -0.39 is 0 Å². The Balaban J connectivity index is 1.99. The molecule has 0 atom stereocenters. The Bertz CT molecular complexity index is 568. The zero-order valence-electron chi connectivity index (χ0n) is 10.8. The lowest BCUT2D eigenvalue weighted by molar-refractivity contribution is 0.0956. The summed E-state index contributed by atoms with van der Waals surface area (Å²) in [6.07, 6.45) is 3.50. The Morgan fingerprint density at radius 3 is 3.11 bits per heavy atom. The van der Waals surface area contributed by atoms with Gasteiger partial charge in [0.2, 0.25) is 0 Å². The van der Waals surface area contributed by atoms with Gasteiger partial charge in [-0.2, -0.15) is 0 Å². The van der Waals surface area contributed by atoms with Gasteiger partial charge in [0.1, 0.15) is 10.4 Å². The van der Waals surface area contributed by atoms with Gasteiger partial charge in [-0.1, -0.05) is 0 Å². The normalized spacial score (nSPS) is 10.8. The topological polar surface area (TPSA) is 77.2 Å². The SMILES string of the molecule is COCCCCNC(=O)c1sc2cccnc2c1N. The highest BCUT2D eigenvalue weighted by molar-refractivity contribution is 7.21. The number of carbonyl (C=O) groups excluding carboxylic acids is 1. The molecule has 0 radical (unpaired) electrons. The van der Waals surface area contributed by atoms with Crippen LogP contribution in [0, 0.1) is 0 Å². The van der Waals surface area contributed by atoms with Crippen molar-refractivity contribution in [1.82, 2.24) is 10.3 Å². The fraction of sp³-hybridized carbons (Fsp3) is 0.385. The summed E-state index contributed by atoms with van der Waals surface area (Å²) >= 11 is 1.38. The van der Waals surface area contributed by atoms with Crippen LogP contribution in [-0.2, 0) is 4.74 Å². The van der Waals surface area contributed by atoms with Crippen molar-refractivity contribution in [3.63, 3.8) is 0 Å². The number of amides is 1. The van der Waals surface area contributed by atoms with E-state index in [1.165, 1.54) is 11.3 Å². The number of hydrogen-bond donors (Lipinski definition) is 2. The number of unbranched alkanes of at least 4 members (excludes halogenated alkanes) is 1. The highest BCUT2D eigenvalue weighted by Crippen LogP contribution is 2.31. The molecular formula is C13H17N3O2S. The Morgan fingerprint density at radius 1 is 1.53 bits per heavy atom. The number of methoxy groups -OCH3 is 1. The molecule has 0 fully saturated rings. The van der Waals surface area contributed by atoms with Crippen LogP contribution >= 0.6 is 11.3 Å². The largest absolute Gasteiger partial charge is 0.396 e. The fourth-order valence-corrected chi connectivity index (χ4v) is 2.77. The smallest absolute Gasteiger partial charge is 0.263 e. The lowest BCUT2D eigenvalue weighted by atomic mass is 10.3. The second-order valence-electron chi connectivity index (χ2n) is 4.15. The van der Waals surface area contributed by atoms with E-state index in [1.54, 1.807) is 13.3 Å². The summed E-state index contributed by atoms with van der Waals surface area (Å²) in [6.45, 7) is 1.34. The van der Waals surface area contributed by atoms with E-state index in [2.05, 4.69) is 10.3 Å². The number of aromatic nitrogens is 1. The number of nitrogen functional groups attached to an aromatic ring is 1. The van der Waals surface area contributed by atoms with Gasteiger partial charge < -0.3 is 15.8 Å². The molecule has 1 amide bonds. The summed E-state index contributed by atoms with van der Waals surface area (Å²) in [6, 6.07) is 3.75. The molecule has 6 heteroatoms. The van der Waals surface area contributed by atoms with Gasteiger partial charge in [0, 0.05) is 26.5 Å². The van der Waals surface area contributed by atoms with Crippen LogP contribution in [0.25, 0.3) is 10.2 Å². The molecule has 5 nitrogen and oxygen atoms in total. The molecule has 0 unspecified atom stereocenters. The summed E-state index contributed by atoms with van der Waals surface area (Å²) in [5.41, 5.74) is 7.13. The first-order chi connectivity index (χ1) is 9.24. The lowest BCUT2D eigenvalue weighted by Gasteiger charge is -2.03. The van der Waals surface area contributed by atoms with Crippen molar-refractivity contribution in [2.75, 3.05) is 26.0 Å². The highest BCUT2D eigenvalue weighted by atomic mass is 32.1. The average Bonchev–Trinajstić information content (AvgIpc) is 2.76. The fourth-order valence-electron chi connectivity index (χ4n) is 1.77. The van der Waals surface area contributed by atoms with E-state index in [0.717, 1.165) is 17.5 Å². The number of fused-ring (bicyclic) bond motifs is 1. The molecule has 0 spiro atoms. The number of hydrogen-bond acceptors (Lipinski definition) is 5. The summed E-state index contributed by atoms with van der Waals surface area (Å²) in [7, 11) is 1.67. The number of thiophene rings is 1. The van der Waals surface area contributed by atoms with Crippen molar-refractivity contribution >= 4 is 33.1 Å². The Hall–Kier alpha value is -1.66. The summed E-state index contributed by atoms with van der Waals surface area (Å²) in [5.74, 6) is -0.127. The molecule has 2 rings (SSSR count). The van der Waals surface area contributed by atoms with Crippen LogP contribution in [0.15, 0.2) is 18.3 Å². The van der Waals surface area contributed by atoms with Crippen LogP contribution in [0.1, 0.15) is 22.5 Å². The molecule has 0 aliphatic carbocycles. The van der Waals surface area contributed by atoms with Gasteiger partial charge in [0.05, 0.1) is 10.4 Å². The highest BCUT2D eigenvalue weighted by Gasteiger charge is 2.16. The average molecular weight is 279 g/mol. The Kier molecular flexibility index (Phi) is 4.70. The van der Waals surface area contributed by atoms with Gasteiger partial charge in [-0.25, -0.2) is 0 Å². The molecular weight excluding hydrogens is 262 g/mol. The number of rotatable bonds is 6. The molecule has 0 saturated heterocycles. The number of pyridine rings is 1. The summed E-state index contributed by atoms with van der Waals surface area (Å²) in [5, 5.41) is 2.87. The summed E-state index contributed by atoms with van der Waals surface area (Å²) < 4.78 is 5.89. The van der Waals surface area contributed by atoms with E-state index in [-0.39, 0.29) is 5.91 Å². The molecule has 0 saturated carbocycles. The lowest BCUT2D eigenvalue weighted by Crippen LogP contribution is -2.24. The van der Waals surface area contributed by atoms with Crippen molar-refractivity contribution in [1.29, 1.82) is 0 Å². The van der Waals surface area contributed by atoms with Gasteiger partial charge in [-0.05, 0) is 25.0 Å². The number of nitrogens with two attached hydrogens (primary N) is 1. The van der Waals surface area contributed by atoms with Crippen LogP contribution in [-0.4, -0.2) is 31.2 Å². The second kappa shape index (κ2) is 6.49. The first-order valence-corrected chi connectivity index (χ1v) is 6.96. The van der Waals surface area contributed by atoms with Crippen LogP contribution in [0.4, 0.5) is 5.69 Å². The predicted molar refractivity (Wildman–Crippen MR) is 77.5 cm³/mol. The van der Waals surface area contributed by atoms with Gasteiger partial charge in [0.25, 0.3) is 5.91 Å². The molecule has 0 bridgehead atoms. The molecule has 2 heterocycles.